The Morgan fingerprint density at radius 1 is 0.941 bits per heavy atom. The van der Waals surface area contributed by atoms with Crippen molar-refractivity contribution in [2.45, 2.75) is 6.54 Å². The van der Waals surface area contributed by atoms with E-state index >= 15 is 0 Å². The molecule has 34 heavy (non-hydrogen) atoms. The molecule has 4 aromatic rings. The fraction of sp³-hybridized carbons (Fsp3) is 0.208. The third-order valence-corrected chi connectivity index (χ3v) is 6.26. The highest BCUT2D eigenvalue weighted by molar-refractivity contribution is 7.81. The highest BCUT2D eigenvalue weighted by atomic mass is 32.3. The fourth-order valence-corrected chi connectivity index (χ4v) is 4.64. The Morgan fingerprint density at radius 2 is 1.68 bits per heavy atom. The van der Waals surface area contributed by atoms with Gasteiger partial charge in [-0.15, -0.1) is 0 Å². The van der Waals surface area contributed by atoms with Crippen molar-refractivity contribution in [3.8, 4) is 16.9 Å². The summed E-state index contributed by atoms with van der Waals surface area (Å²) in [7, 11) is -4.54. The lowest BCUT2D eigenvalue weighted by molar-refractivity contribution is 0.250. The third-order valence-electron chi connectivity index (χ3n) is 5.86. The highest BCUT2D eigenvalue weighted by Gasteiger charge is 2.20. The first-order valence-electron chi connectivity index (χ1n) is 10.8. The van der Waals surface area contributed by atoms with E-state index in [1.807, 2.05) is 30.3 Å². The molecular weight excluding hydrogens is 458 g/mol. The SMILES string of the molecule is O=c1[nH]c2cccc(N3CCN(Cc4cccc(-c5ccc(OS(=O)(=O)O)cc5)c4)CC3)c2o1. The molecule has 5 rings (SSSR count). The Balaban J connectivity index is 1.24. The van der Waals surface area contributed by atoms with Crippen LogP contribution in [0.2, 0.25) is 0 Å². The quantitative estimate of drug-likeness (QED) is 0.403. The Bertz CT molecular complexity index is 1470. The first-order chi connectivity index (χ1) is 16.3. The normalized spacial score (nSPS) is 15.0. The molecular formula is C24H23N3O6S. The summed E-state index contributed by atoms with van der Waals surface area (Å²) >= 11 is 0. The van der Waals surface area contributed by atoms with Gasteiger partial charge in [0.2, 0.25) is 0 Å². The average molecular weight is 482 g/mol. The van der Waals surface area contributed by atoms with Gasteiger partial charge in [0.25, 0.3) is 0 Å². The summed E-state index contributed by atoms with van der Waals surface area (Å²) < 4.78 is 40.3. The van der Waals surface area contributed by atoms with Gasteiger partial charge in [-0.1, -0.05) is 36.4 Å². The van der Waals surface area contributed by atoms with E-state index in [1.165, 1.54) is 17.7 Å². The number of nitrogens with zero attached hydrogens (tertiary/aromatic N) is 2. The predicted octanol–water partition coefficient (Wildman–Crippen LogP) is 3.29. The van der Waals surface area contributed by atoms with E-state index in [2.05, 4.69) is 31.1 Å². The number of para-hydroxylation sites is 1. The van der Waals surface area contributed by atoms with Crippen molar-refractivity contribution >= 4 is 27.2 Å². The molecule has 176 valence electrons. The van der Waals surface area contributed by atoms with Gasteiger partial charge in [0.05, 0.1) is 11.2 Å². The molecule has 2 heterocycles. The van der Waals surface area contributed by atoms with Crippen LogP contribution in [0.1, 0.15) is 5.56 Å². The molecule has 9 nitrogen and oxygen atoms in total. The second kappa shape index (κ2) is 8.98. The summed E-state index contributed by atoms with van der Waals surface area (Å²) in [5.41, 5.74) is 5.32. The minimum Gasteiger partial charge on any atom is -0.406 e. The molecule has 0 amide bonds. The summed E-state index contributed by atoms with van der Waals surface area (Å²) in [5, 5.41) is 0. The van der Waals surface area contributed by atoms with E-state index in [0.29, 0.717) is 11.1 Å². The zero-order valence-electron chi connectivity index (χ0n) is 18.2. The zero-order chi connectivity index (χ0) is 23.7. The number of anilines is 1. The van der Waals surface area contributed by atoms with Gasteiger partial charge in [-0.05, 0) is 47.0 Å². The molecule has 1 saturated heterocycles. The summed E-state index contributed by atoms with van der Waals surface area (Å²) in [6.45, 7) is 4.19. The smallest absolute Gasteiger partial charge is 0.406 e. The minimum atomic E-state index is -4.54. The van der Waals surface area contributed by atoms with E-state index in [1.54, 1.807) is 12.1 Å². The first kappa shape index (κ1) is 22.2. The van der Waals surface area contributed by atoms with E-state index in [-0.39, 0.29) is 5.75 Å². The van der Waals surface area contributed by atoms with Crippen LogP contribution in [0.15, 0.2) is 75.9 Å². The Morgan fingerprint density at radius 3 is 2.41 bits per heavy atom. The van der Waals surface area contributed by atoms with Crippen LogP contribution in [-0.4, -0.2) is 49.0 Å². The van der Waals surface area contributed by atoms with E-state index in [9.17, 15) is 13.2 Å². The van der Waals surface area contributed by atoms with Crippen molar-refractivity contribution in [1.29, 1.82) is 0 Å². The van der Waals surface area contributed by atoms with E-state index in [0.717, 1.165) is 49.5 Å². The molecule has 1 aliphatic rings. The topological polar surface area (TPSA) is 116 Å². The van der Waals surface area contributed by atoms with Crippen molar-refractivity contribution in [1.82, 2.24) is 9.88 Å². The van der Waals surface area contributed by atoms with Gasteiger partial charge in [-0.25, -0.2) is 4.79 Å². The zero-order valence-corrected chi connectivity index (χ0v) is 19.0. The van der Waals surface area contributed by atoms with Gasteiger partial charge in [-0.3, -0.25) is 14.4 Å². The molecule has 0 atom stereocenters. The summed E-state index contributed by atoms with van der Waals surface area (Å²) in [5.74, 6) is -0.392. The molecule has 1 fully saturated rings. The number of nitrogens with one attached hydrogen (secondary N) is 1. The summed E-state index contributed by atoms with van der Waals surface area (Å²) in [6, 6.07) is 20.4. The highest BCUT2D eigenvalue weighted by Crippen LogP contribution is 2.27. The molecule has 0 bridgehead atoms. The van der Waals surface area contributed by atoms with Gasteiger partial charge in [0.1, 0.15) is 5.75 Å². The molecule has 2 N–H and O–H groups in total. The van der Waals surface area contributed by atoms with Gasteiger partial charge in [-0.2, -0.15) is 8.42 Å². The third kappa shape index (κ3) is 4.98. The van der Waals surface area contributed by atoms with Gasteiger partial charge < -0.3 is 13.5 Å². The number of aromatic amines is 1. The van der Waals surface area contributed by atoms with Crippen LogP contribution in [-0.2, 0) is 16.9 Å². The maximum absolute atomic E-state index is 11.6. The summed E-state index contributed by atoms with van der Waals surface area (Å²) in [6.07, 6.45) is 0. The fourth-order valence-electron chi connectivity index (χ4n) is 4.29. The van der Waals surface area contributed by atoms with E-state index < -0.39 is 16.2 Å². The molecule has 0 aliphatic carbocycles. The van der Waals surface area contributed by atoms with Crippen LogP contribution in [0, 0.1) is 0 Å². The Labute approximate surface area is 196 Å². The van der Waals surface area contributed by atoms with Gasteiger partial charge >= 0.3 is 16.2 Å². The van der Waals surface area contributed by atoms with Crippen molar-refractivity contribution < 1.29 is 21.6 Å². The maximum Gasteiger partial charge on any atom is 0.446 e. The lowest BCUT2D eigenvalue weighted by Gasteiger charge is -2.36. The summed E-state index contributed by atoms with van der Waals surface area (Å²) in [4.78, 5) is 18.9. The lowest BCUT2D eigenvalue weighted by atomic mass is 10.0. The number of rotatable bonds is 6. The molecule has 1 aromatic heterocycles. The number of benzene rings is 3. The average Bonchev–Trinajstić information content (AvgIpc) is 3.20. The van der Waals surface area contributed by atoms with Crippen LogP contribution in [0.25, 0.3) is 22.2 Å². The second-order valence-electron chi connectivity index (χ2n) is 8.17. The Hall–Kier alpha value is -3.60. The van der Waals surface area contributed by atoms with Crippen molar-refractivity contribution in [3.63, 3.8) is 0 Å². The van der Waals surface area contributed by atoms with Gasteiger partial charge in [0, 0.05) is 32.7 Å². The molecule has 10 heteroatoms. The van der Waals surface area contributed by atoms with Crippen LogP contribution >= 0.6 is 0 Å². The lowest BCUT2D eigenvalue weighted by Crippen LogP contribution is -2.46. The largest absolute Gasteiger partial charge is 0.446 e. The van der Waals surface area contributed by atoms with Crippen LogP contribution < -0.4 is 14.8 Å². The molecule has 1 aliphatic heterocycles. The maximum atomic E-state index is 11.6. The van der Waals surface area contributed by atoms with Crippen LogP contribution in [0.5, 0.6) is 5.75 Å². The number of H-pyrrole nitrogens is 1. The minimum absolute atomic E-state index is 0.0508. The number of fused-ring (bicyclic) bond motifs is 1. The van der Waals surface area contributed by atoms with Gasteiger partial charge in [0.15, 0.2) is 5.58 Å². The predicted molar refractivity (Wildman–Crippen MR) is 128 cm³/mol. The van der Waals surface area contributed by atoms with Crippen molar-refractivity contribution in [3.05, 3.63) is 82.8 Å². The number of oxazole rings is 1. The standard InChI is InChI=1S/C24H23N3O6S/c28-24-25-21-5-2-6-22(23(21)32-24)27-13-11-26(12-14-27)16-17-3-1-4-19(15-17)18-7-9-20(10-8-18)33-34(29,30)31/h1-10,15H,11-14,16H2,(H,25,28)(H,29,30,31). The van der Waals surface area contributed by atoms with Crippen molar-refractivity contribution in [2.24, 2.45) is 0 Å². The number of hydrogen-bond donors (Lipinski definition) is 2. The second-order valence-corrected chi connectivity index (χ2v) is 9.19. The monoisotopic (exact) mass is 481 g/mol. The first-order valence-corrected chi connectivity index (χ1v) is 12.2. The molecule has 0 unspecified atom stereocenters. The Kier molecular flexibility index (Phi) is 5.86. The number of hydrogen-bond acceptors (Lipinski definition) is 7. The molecule has 0 radical (unpaired) electrons. The van der Waals surface area contributed by atoms with E-state index in [4.69, 9.17) is 8.97 Å². The van der Waals surface area contributed by atoms with Crippen LogP contribution in [0.3, 0.4) is 0 Å². The van der Waals surface area contributed by atoms with Crippen LogP contribution in [0.4, 0.5) is 5.69 Å². The number of aromatic nitrogens is 1. The molecule has 0 spiro atoms. The molecule has 0 saturated carbocycles. The number of piperazine rings is 1. The molecule has 3 aromatic carbocycles. The van der Waals surface area contributed by atoms with Crippen molar-refractivity contribution in [2.75, 3.05) is 31.1 Å².